The normalized spacial score (nSPS) is 11.1. The van der Waals surface area contributed by atoms with Gasteiger partial charge < -0.3 is 0 Å². The van der Waals surface area contributed by atoms with Crippen LogP contribution in [0.4, 0.5) is 0 Å². The number of hydrogen-bond donors (Lipinski definition) is 0. The Morgan fingerprint density at radius 1 is 1.05 bits per heavy atom. The predicted octanol–water partition coefficient (Wildman–Crippen LogP) is 2.54. The molecule has 0 saturated heterocycles. The Bertz CT molecular complexity index is 717. The van der Waals surface area contributed by atoms with E-state index in [1.807, 2.05) is 30.4 Å². The third kappa shape index (κ3) is 2.61. The number of aryl methyl sites for hydroxylation is 1. The van der Waals surface area contributed by atoms with Crippen molar-refractivity contribution in [2.24, 2.45) is 0 Å². The highest BCUT2D eigenvalue weighted by atomic mass is 15.3. The molecule has 0 atom stereocenters. The molecule has 0 aliphatic rings. The molecule has 0 radical (unpaired) electrons. The van der Waals surface area contributed by atoms with Crippen molar-refractivity contribution in [3.05, 3.63) is 66.3 Å². The molecule has 0 amide bonds. The summed E-state index contributed by atoms with van der Waals surface area (Å²) in [6, 6.07) is 8.05. The summed E-state index contributed by atoms with van der Waals surface area (Å²) in [6.07, 6.45) is 10.5. The van der Waals surface area contributed by atoms with Gasteiger partial charge >= 0.3 is 0 Å². The number of aromatic nitrogens is 5. The molecule has 0 N–H and O–H groups in total. The van der Waals surface area contributed by atoms with E-state index < -0.39 is 0 Å². The fourth-order valence-electron chi connectivity index (χ4n) is 1.95. The highest BCUT2D eigenvalue weighted by Crippen LogP contribution is 2.16. The molecule has 3 aromatic rings. The van der Waals surface area contributed by atoms with E-state index >= 15 is 0 Å². The van der Waals surface area contributed by atoms with Gasteiger partial charge in [-0.25, -0.2) is 19.6 Å². The zero-order valence-corrected chi connectivity index (χ0v) is 11.0. The van der Waals surface area contributed by atoms with Gasteiger partial charge in [0.05, 0.1) is 11.4 Å². The fourth-order valence-corrected chi connectivity index (χ4v) is 1.95. The van der Waals surface area contributed by atoms with Crippen molar-refractivity contribution in [3.63, 3.8) is 0 Å². The van der Waals surface area contributed by atoms with E-state index in [-0.39, 0.29) is 0 Å². The molecule has 2 heterocycles. The first-order valence-corrected chi connectivity index (χ1v) is 6.23. The second-order valence-electron chi connectivity index (χ2n) is 4.35. The molecule has 20 heavy (non-hydrogen) atoms. The second-order valence-corrected chi connectivity index (χ2v) is 4.35. The topological polar surface area (TPSA) is 56.5 Å². The van der Waals surface area contributed by atoms with Gasteiger partial charge in [-0.3, -0.25) is 0 Å². The Labute approximate surface area is 116 Å². The monoisotopic (exact) mass is 263 g/mol. The molecule has 1 aromatic carbocycles. The summed E-state index contributed by atoms with van der Waals surface area (Å²) in [5.41, 5.74) is 4.17. The van der Waals surface area contributed by atoms with Crippen LogP contribution in [0.3, 0.4) is 0 Å². The Morgan fingerprint density at radius 3 is 2.70 bits per heavy atom. The number of nitrogens with zero attached hydrogens (tertiary/aromatic N) is 5. The Hall–Kier alpha value is -2.82. The summed E-state index contributed by atoms with van der Waals surface area (Å²) in [4.78, 5) is 12.0. The smallest absolute Gasteiger partial charge is 0.138 e. The van der Waals surface area contributed by atoms with E-state index in [4.69, 9.17) is 0 Å². The van der Waals surface area contributed by atoms with Crippen molar-refractivity contribution in [2.75, 3.05) is 0 Å². The zero-order chi connectivity index (χ0) is 13.8. The summed E-state index contributed by atoms with van der Waals surface area (Å²) in [5.74, 6) is 0. The molecule has 0 saturated carbocycles. The minimum Gasteiger partial charge on any atom is -0.245 e. The average Bonchev–Trinajstić information content (AvgIpc) is 3.00. The maximum absolute atomic E-state index is 4.15. The lowest BCUT2D eigenvalue weighted by molar-refractivity contribution is 0.871. The maximum Gasteiger partial charge on any atom is 0.138 e. The lowest BCUT2D eigenvalue weighted by Crippen LogP contribution is -1.97. The third-order valence-corrected chi connectivity index (χ3v) is 2.94. The van der Waals surface area contributed by atoms with Crippen molar-refractivity contribution >= 4 is 12.2 Å². The Morgan fingerprint density at radius 2 is 2.00 bits per heavy atom. The molecule has 2 aromatic heterocycles. The van der Waals surface area contributed by atoms with Crippen LogP contribution in [0.1, 0.15) is 16.8 Å². The molecule has 0 aliphatic heterocycles. The second kappa shape index (κ2) is 5.44. The maximum atomic E-state index is 4.15. The lowest BCUT2D eigenvalue weighted by atomic mass is 10.1. The molecule has 0 aliphatic carbocycles. The van der Waals surface area contributed by atoms with Crippen LogP contribution in [-0.4, -0.2) is 24.7 Å². The minimum atomic E-state index is 0.887. The van der Waals surface area contributed by atoms with Gasteiger partial charge in [-0.2, -0.15) is 5.10 Å². The summed E-state index contributed by atoms with van der Waals surface area (Å²) in [5, 5.41) is 4.14. The SMILES string of the molecule is Cc1cc(C=Cc2ccncn2)ccc1-n1cncn1. The molecule has 0 unspecified atom stereocenters. The summed E-state index contributed by atoms with van der Waals surface area (Å²) in [6.45, 7) is 2.05. The fraction of sp³-hybridized carbons (Fsp3) is 0.0667. The van der Waals surface area contributed by atoms with E-state index in [0.717, 1.165) is 22.5 Å². The molecule has 0 fully saturated rings. The molecular formula is C15H13N5. The predicted molar refractivity (Wildman–Crippen MR) is 77.1 cm³/mol. The van der Waals surface area contributed by atoms with Gasteiger partial charge in [0.15, 0.2) is 0 Å². The van der Waals surface area contributed by atoms with Crippen LogP contribution >= 0.6 is 0 Å². The molecule has 3 rings (SSSR count). The van der Waals surface area contributed by atoms with E-state index in [9.17, 15) is 0 Å². The van der Waals surface area contributed by atoms with Gasteiger partial charge in [-0.1, -0.05) is 12.1 Å². The average molecular weight is 263 g/mol. The van der Waals surface area contributed by atoms with Crippen LogP contribution in [0.5, 0.6) is 0 Å². The lowest BCUT2D eigenvalue weighted by Gasteiger charge is -2.05. The Kier molecular flexibility index (Phi) is 3.33. The van der Waals surface area contributed by atoms with Crippen LogP contribution in [0.2, 0.25) is 0 Å². The minimum absolute atomic E-state index is 0.887. The molecule has 5 nitrogen and oxygen atoms in total. The largest absolute Gasteiger partial charge is 0.245 e. The van der Waals surface area contributed by atoms with E-state index in [0.29, 0.717) is 0 Å². The van der Waals surface area contributed by atoms with Gasteiger partial charge in [0.2, 0.25) is 0 Å². The van der Waals surface area contributed by atoms with Crippen molar-refractivity contribution < 1.29 is 0 Å². The molecule has 0 spiro atoms. The van der Waals surface area contributed by atoms with E-state index in [1.165, 1.54) is 6.33 Å². The van der Waals surface area contributed by atoms with Crippen molar-refractivity contribution in [1.82, 2.24) is 24.7 Å². The molecule has 98 valence electrons. The summed E-state index contributed by atoms with van der Waals surface area (Å²) in [7, 11) is 0. The quantitative estimate of drug-likeness (QED) is 0.728. The van der Waals surface area contributed by atoms with E-state index in [1.54, 1.807) is 23.5 Å². The van der Waals surface area contributed by atoms with E-state index in [2.05, 4.69) is 33.0 Å². The van der Waals surface area contributed by atoms with Gasteiger partial charge in [-0.05, 0) is 42.3 Å². The van der Waals surface area contributed by atoms with Gasteiger partial charge in [0.25, 0.3) is 0 Å². The molecule has 0 bridgehead atoms. The van der Waals surface area contributed by atoms with Crippen LogP contribution in [-0.2, 0) is 0 Å². The summed E-state index contributed by atoms with van der Waals surface area (Å²) < 4.78 is 1.76. The van der Waals surface area contributed by atoms with Crippen LogP contribution < -0.4 is 0 Å². The first-order chi connectivity index (χ1) is 9.83. The van der Waals surface area contributed by atoms with Crippen LogP contribution in [0.25, 0.3) is 17.8 Å². The number of benzene rings is 1. The Balaban J connectivity index is 1.86. The molecular weight excluding hydrogens is 250 g/mol. The zero-order valence-electron chi connectivity index (χ0n) is 11.0. The van der Waals surface area contributed by atoms with Gasteiger partial charge in [0, 0.05) is 6.20 Å². The first-order valence-electron chi connectivity index (χ1n) is 6.23. The highest BCUT2D eigenvalue weighted by molar-refractivity contribution is 5.68. The number of hydrogen-bond acceptors (Lipinski definition) is 4. The first kappa shape index (κ1) is 12.2. The highest BCUT2D eigenvalue weighted by Gasteiger charge is 2.01. The van der Waals surface area contributed by atoms with Crippen molar-refractivity contribution in [3.8, 4) is 5.69 Å². The molecule has 5 heteroatoms. The van der Waals surface area contributed by atoms with Crippen molar-refractivity contribution in [2.45, 2.75) is 6.92 Å². The van der Waals surface area contributed by atoms with Crippen molar-refractivity contribution in [1.29, 1.82) is 0 Å². The van der Waals surface area contributed by atoms with Crippen LogP contribution in [0.15, 0.2) is 49.4 Å². The summed E-state index contributed by atoms with van der Waals surface area (Å²) >= 11 is 0. The third-order valence-electron chi connectivity index (χ3n) is 2.94. The number of rotatable bonds is 3. The van der Waals surface area contributed by atoms with Gasteiger partial charge in [-0.15, -0.1) is 0 Å². The standard InChI is InChI=1S/C15H13N5/c1-12-8-13(2-4-14-6-7-16-9-18-14)3-5-15(12)20-11-17-10-19-20/h2-11H,1H3. The van der Waals surface area contributed by atoms with Gasteiger partial charge in [0.1, 0.15) is 19.0 Å². The van der Waals surface area contributed by atoms with Crippen LogP contribution in [0, 0.1) is 6.92 Å².